The normalized spacial score (nSPS) is 11.7. The maximum Gasteiger partial charge on any atom is 0.413 e. The lowest BCUT2D eigenvalue weighted by Gasteiger charge is -2.19. The van der Waals surface area contributed by atoms with Gasteiger partial charge in [0.2, 0.25) is 5.78 Å². The molecule has 3 heterocycles. The fourth-order valence-electron chi connectivity index (χ4n) is 2.91. The van der Waals surface area contributed by atoms with Gasteiger partial charge in [-0.15, -0.1) is 0 Å². The van der Waals surface area contributed by atoms with E-state index in [1.54, 1.807) is 45.0 Å². The first-order valence-electron chi connectivity index (χ1n) is 8.94. The Labute approximate surface area is 165 Å². The van der Waals surface area contributed by atoms with Crippen molar-refractivity contribution in [1.29, 1.82) is 0 Å². The topological polar surface area (TPSA) is 117 Å². The van der Waals surface area contributed by atoms with Crippen molar-refractivity contribution in [3.05, 3.63) is 54.0 Å². The Morgan fingerprint density at radius 2 is 1.93 bits per heavy atom. The van der Waals surface area contributed by atoms with E-state index in [0.29, 0.717) is 33.4 Å². The number of ether oxygens (including phenoxy) is 1. The molecule has 4 rings (SSSR count). The highest BCUT2D eigenvalue weighted by Crippen LogP contribution is 2.26. The van der Waals surface area contributed by atoms with Crippen LogP contribution < -0.4 is 5.32 Å². The number of phenols is 1. The number of H-pyrrole nitrogens is 1. The van der Waals surface area contributed by atoms with Crippen LogP contribution in [0.2, 0.25) is 0 Å². The van der Waals surface area contributed by atoms with Crippen molar-refractivity contribution in [1.82, 2.24) is 9.97 Å². The Kier molecular flexibility index (Phi) is 4.26. The SMILES string of the molecule is CC(C)(C)OC(=O)Nc1cc2cc(C(=O)c3cc4cc(O)ccc4o3)[nH]c2cn1. The molecule has 0 aliphatic carbocycles. The van der Waals surface area contributed by atoms with Gasteiger partial charge in [-0.05, 0) is 57.2 Å². The summed E-state index contributed by atoms with van der Waals surface area (Å²) in [5.74, 6) is 0.221. The fourth-order valence-corrected chi connectivity index (χ4v) is 2.91. The van der Waals surface area contributed by atoms with Crippen LogP contribution in [-0.2, 0) is 4.74 Å². The zero-order valence-corrected chi connectivity index (χ0v) is 16.1. The summed E-state index contributed by atoms with van der Waals surface area (Å²) in [7, 11) is 0. The van der Waals surface area contributed by atoms with E-state index in [1.165, 1.54) is 18.3 Å². The first-order chi connectivity index (χ1) is 13.7. The molecule has 0 fully saturated rings. The molecule has 0 bridgehead atoms. The van der Waals surface area contributed by atoms with Gasteiger partial charge >= 0.3 is 6.09 Å². The van der Waals surface area contributed by atoms with E-state index in [1.807, 2.05) is 0 Å². The fraction of sp³-hybridized carbons (Fsp3) is 0.190. The maximum atomic E-state index is 12.8. The quantitative estimate of drug-likeness (QED) is 0.438. The highest BCUT2D eigenvalue weighted by Gasteiger charge is 2.19. The number of phenolic OH excluding ortho intramolecular Hbond substituents is 1. The third-order valence-corrected chi connectivity index (χ3v) is 4.10. The summed E-state index contributed by atoms with van der Waals surface area (Å²) in [6.07, 6.45) is 0.914. The van der Waals surface area contributed by atoms with Gasteiger partial charge in [0.1, 0.15) is 22.8 Å². The van der Waals surface area contributed by atoms with Gasteiger partial charge in [-0.25, -0.2) is 9.78 Å². The van der Waals surface area contributed by atoms with Gasteiger partial charge in [-0.3, -0.25) is 10.1 Å². The number of rotatable bonds is 3. The molecule has 8 nitrogen and oxygen atoms in total. The average Bonchev–Trinajstić information content (AvgIpc) is 3.22. The lowest BCUT2D eigenvalue weighted by atomic mass is 10.2. The van der Waals surface area contributed by atoms with Crippen molar-refractivity contribution in [3.8, 4) is 5.75 Å². The maximum absolute atomic E-state index is 12.8. The van der Waals surface area contributed by atoms with E-state index in [4.69, 9.17) is 9.15 Å². The van der Waals surface area contributed by atoms with Gasteiger partial charge in [0, 0.05) is 10.8 Å². The zero-order chi connectivity index (χ0) is 20.8. The number of furan rings is 1. The number of aromatic amines is 1. The number of nitrogens with zero attached hydrogens (tertiary/aromatic N) is 1. The molecule has 8 heteroatoms. The van der Waals surface area contributed by atoms with Crippen LogP contribution in [-0.4, -0.2) is 32.6 Å². The zero-order valence-electron chi connectivity index (χ0n) is 16.1. The van der Waals surface area contributed by atoms with Gasteiger partial charge in [-0.2, -0.15) is 0 Å². The number of ketones is 1. The van der Waals surface area contributed by atoms with E-state index in [2.05, 4.69) is 15.3 Å². The number of carbonyl (C=O) groups excluding carboxylic acids is 2. The molecule has 4 aromatic rings. The number of fused-ring (bicyclic) bond motifs is 2. The van der Waals surface area contributed by atoms with Crippen molar-refractivity contribution in [2.75, 3.05) is 5.32 Å². The second-order valence-corrected chi connectivity index (χ2v) is 7.63. The monoisotopic (exact) mass is 393 g/mol. The third-order valence-electron chi connectivity index (χ3n) is 4.10. The summed E-state index contributed by atoms with van der Waals surface area (Å²) in [4.78, 5) is 31.9. The Hall–Kier alpha value is -3.81. The molecular formula is C21H19N3O5. The van der Waals surface area contributed by atoms with Crippen molar-refractivity contribution < 1.29 is 23.8 Å². The number of anilines is 1. The summed E-state index contributed by atoms with van der Waals surface area (Å²) >= 11 is 0. The summed E-state index contributed by atoms with van der Waals surface area (Å²) in [6, 6.07) is 9.50. The smallest absolute Gasteiger partial charge is 0.413 e. The van der Waals surface area contributed by atoms with Crippen LogP contribution in [0.3, 0.4) is 0 Å². The average molecular weight is 393 g/mol. The first kappa shape index (κ1) is 18.5. The predicted molar refractivity (Wildman–Crippen MR) is 107 cm³/mol. The number of amides is 1. The third kappa shape index (κ3) is 3.91. The van der Waals surface area contributed by atoms with Crippen LogP contribution >= 0.6 is 0 Å². The number of aromatic hydroxyl groups is 1. The highest BCUT2D eigenvalue weighted by atomic mass is 16.6. The second kappa shape index (κ2) is 6.66. The molecule has 0 radical (unpaired) electrons. The Bertz CT molecular complexity index is 1250. The minimum atomic E-state index is -0.620. The van der Waals surface area contributed by atoms with Crippen LogP contribution in [0, 0.1) is 0 Å². The lowest BCUT2D eigenvalue weighted by Crippen LogP contribution is -2.27. The van der Waals surface area contributed by atoms with E-state index >= 15 is 0 Å². The number of pyridine rings is 1. The van der Waals surface area contributed by atoms with E-state index < -0.39 is 11.7 Å². The van der Waals surface area contributed by atoms with Crippen LogP contribution in [0.15, 0.2) is 47.0 Å². The minimum absolute atomic E-state index is 0.0963. The number of carbonyl (C=O) groups is 2. The van der Waals surface area contributed by atoms with Gasteiger partial charge in [-0.1, -0.05) is 0 Å². The van der Waals surface area contributed by atoms with Crippen LogP contribution in [0.5, 0.6) is 5.75 Å². The Morgan fingerprint density at radius 3 is 2.69 bits per heavy atom. The summed E-state index contributed by atoms with van der Waals surface area (Å²) in [5, 5.41) is 13.5. The molecule has 0 spiro atoms. The summed E-state index contributed by atoms with van der Waals surface area (Å²) in [5.41, 5.74) is 0.842. The van der Waals surface area contributed by atoms with Gasteiger partial charge in [0.05, 0.1) is 17.4 Å². The van der Waals surface area contributed by atoms with Crippen molar-refractivity contribution in [3.63, 3.8) is 0 Å². The largest absolute Gasteiger partial charge is 0.508 e. The molecule has 0 atom stereocenters. The number of aromatic nitrogens is 2. The van der Waals surface area contributed by atoms with Crippen LogP contribution in [0.25, 0.3) is 21.9 Å². The molecule has 3 N–H and O–H groups in total. The number of nitrogens with one attached hydrogen (secondary N) is 2. The molecule has 0 saturated carbocycles. The summed E-state index contributed by atoms with van der Waals surface area (Å²) in [6.45, 7) is 5.31. The second-order valence-electron chi connectivity index (χ2n) is 7.63. The standard InChI is InChI=1S/C21H19N3O5/c1-21(2,3)29-20(27)24-18-9-11-7-14(23-15(11)10-22-18)19(26)17-8-12-6-13(25)4-5-16(12)28-17/h4-10,23,25H,1-3H3,(H,22,24,27). The number of hydrogen-bond donors (Lipinski definition) is 3. The Morgan fingerprint density at radius 1 is 1.14 bits per heavy atom. The molecule has 148 valence electrons. The van der Waals surface area contributed by atoms with E-state index in [0.717, 1.165) is 0 Å². The predicted octanol–water partition coefficient (Wildman–Crippen LogP) is 4.59. The van der Waals surface area contributed by atoms with Crippen molar-refractivity contribution >= 4 is 39.6 Å². The molecule has 1 aromatic carbocycles. The Balaban J connectivity index is 1.59. The summed E-state index contributed by atoms with van der Waals surface area (Å²) < 4.78 is 10.8. The minimum Gasteiger partial charge on any atom is -0.508 e. The lowest BCUT2D eigenvalue weighted by molar-refractivity contribution is 0.0635. The first-order valence-corrected chi connectivity index (χ1v) is 8.94. The van der Waals surface area contributed by atoms with Crippen LogP contribution in [0.1, 0.15) is 37.0 Å². The van der Waals surface area contributed by atoms with E-state index in [9.17, 15) is 14.7 Å². The van der Waals surface area contributed by atoms with Crippen molar-refractivity contribution in [2.24, 2.45) is 0 Å². The molecule has 3 aromatic heterocycles. The molecule has 0 aliphatic rings. The molecule has 0 unspecified atom stereocenters. The van der Waals surface area contributed by atoms with Gasteiger partial charge in [0.15, 0.2) is 5.76 Å². The molecule has 29 heavy (non-hydrogen) atoms. The van der Waals surface area contributed by atoms with Gasteiger partial charge < -0.3 is 19.2 Å². The number of benzene rings is 1. The van der Waals surface area contributed by atoms with E-state index in [-0.39, 0.29) is 17.3 Å². The van der Waals surface area contributed by atoms with Crippen molar-refractivity contribution in [2.45, 2.75) is 26.4 Å². The molecular weight excluding hydrogens is 374 g/mol. The molecule has 0 aliphatic heterocycles. The molecule has 0 saturated heterocycles. The molecule has 1 amide bonds. The highest BCUT2D eigenvalue weighted by molar-refractivity contribution is 6.10. The van der Waals surface area contributed by atoms with Gasteiger partial charge in [0.25, 0.3) is 0 Å². The number of hydrogen-bond acceptors (Lipinski definition) is 6. The van der Waals surface area contributed by atoms with Crippen LogP contribution in [0.4, 0.5) is 10.6 Å².